The largest absolute Gasteiger partial charge is 0.350 e. The lowest BCUT2D eigenvalue weighted by Gasteiger charge is -2.32. The van der Waals surface area contributed by atoms with Crippen LogP contribution in [-0.2, 0) is 29.1 Å². The Hall–Kier alpha value is -4.03. The zero-order valence-electron chi connectivity index (χ0n) is 19.5. The van der Waals surface area contributed by atoms with Crippen LogP contribution in [0, 0.1) is 5.82 Å². The molecule has 182 valence electrons. The van der Waals surface area contributed by atoms with E-state index in [4.69, 9.17) is 11.6 Å². The number of nitrogens with one attached hydrogen (secondary N) is 1. The number of halogens is 2. The Labute approximate surface area is 214 Å². The summed E-state index contributed by atoms with van der Waals surface area (Å²) in [6.07, 6.45) is 3.40. The number of hydrogen-bond acceptors (Lipinski definition) is 3. The van der Waals surface area contributed by atoms with Crippen molar-refractivity contribution in [2.75, 3.05) is 0 Å². The van der Waals surface area contributed by atoms with E-state index in [1.54, 1.807) is 53.7 Å². The summed E-state index contributed by atoms with van der Waals surface area (Å²) in [5, 5.41) is 3.54. The third-order valence-electron chi connectivity index (χ3n) is 5.75. The molecule has 0 radical (unpaired) electrons. The lowest BCUT2D eigenvalue weighted by molar-refractivity contribution is -0.141. The molecule has 0 aliphatic heterocycles. The Kier molecular flexibility index (Phi) is 8.42. The lowest BCUT2D eigenvalue weighted by atomic mass is 10.0. The van der Waals surface area contributed by atoms with Crippen molar-refractivity contribution in [1.82, 2.24) is 15.2 Å². The number of amides is 2. The van der Waals surface area contributed by atoms with Gasteiger partial charge in [-0.1, -0.05) is 66.2 Å². The van der Waals surface area contributed by atoms with Crippen LogP contribution in [0.25, 0.3) is 0 Å². The van der Waals surface area contributed by atoms with Crippen molar-refractivity contribution in [3.05, 3.63) is 136 Å². The van der Waals surface area contributed by atoms with Gasteiger partial charge in [0.15, 0.2) is 0 Å². The fraction of sp³-hybridized carbons (Fsp3) is 0.138. The summed E-state index contributed by atoms with van der Waals surface area (Å²) >= 11 is 6.01. The quantitative estimate of drug-likeness (QED) is 0.329. The molecular weight excluding hydrogens is 477 g/mol. The summed E-state index contributed by atoms with van der Waals surface area (Å²) < 4.78 is 13.6. The first-order chi connectivity index (χ1) is 17.5. The van der Waals surface area contributed by atoms with Gasteiger partial charge in [-0.2, -0.15) is 0 Å². The Morgan fingerprint density at radius 1 is 0.833 bits per heavy atom. The van der Waals surface area contributed by atoms with Crippen molar-refractivity contribution in [1.29, 1.82) is 0 Å². The zero-order valence-corrected chi connectivity index (χ0v) is 20.2. The first-order valence-corrected chi connectivity index (χ1v) is 11.9. The van der Waals surface area contributed by atoms with E-state index in [2.05, 4.69) is 10.3 Å². The highest BCUT2D eigenvalue weighted by molar-refractivity contribution is 6.30. The number of carbonyl (C=O) groups excluding carboxylic acids is 2. The van der Waals surface area contributed by atoms with Crippen molar-refractivity contribution >= 4 is 23.4 Å². The summed E-state index contributed by atoms with van der Waals surface area (Å²) in [7, 11) is 0. The van der Waals surface area contributed by atoms with Gasteiger partial charge in [-0.15, -0.1) is 0 Å². The molecule has 1 heterocycles. The summed E-state index contributed by atoms with van der Waals surface area (Å²) in [5.74, 6) is -0.924. The number of aromatic nitrogens is 1. The maximum absolute atomic E-state index is 13.7. The van der Waals surface area contributed by atoms with Crippen LogP contribution in [0.1, 0.15) is 28.3 Å². The van der Waals surface area contributed by atoms with E-state index in [0.29, 0.717) is 22.7 Å². The highest BCUT2D eigenvalue weighted by Crippen LogP contribution is 2.25. The number of carbonyl (C=O) groups is 2. The second-order valence-corrected chi connectivity index (χ2v) is 8.77. The molecule has 1 N–H and O–H groups in total. The fourth-order valence-corrected chi connectivity index (χ4v) is 4.01. The first-order valence-electron chi connectivity index (χ1n) is 11.5. The van der Waals surface area contributed by atoms with Gasteiger partial charge in [-0.25, -0.2) is 4.39 Å². The van der Waals surface area contributed by atoms with Gasteiger partial charge >= 0.3 is 0 Å². The Morgan fingerprint density at radius 3 is 2.14 bits per heavy atom. The fourth-order valence-electron chi connectivity index (χ4n) is 3.88. The molecule has 1 atom stereocenters. The Bertz CT molecular complexity index is 1280. The van der Waals surface area contributed by atoms with Gasteiger partial charge in [-0.05, 0) is 58.7 Å². The first kappa shape index (κ1) is 25.1. The summed E-state index contributed by atoms with van der Waals surface area (Å²) in [5.41, 5.74) is 3.06. The minimum absolute atomic E-state index is 0.0827. The topological polar surface area (TPSA) is 62.3 Å². The van der Waals surface area contributed by atoms with Crippen molar-refractivity contribution in [3.8, 4) is 0 Å². The molecule has 4 aromatic rings. The molecule has 1 aromatic heterocycles. The summed E-state index contributed by atoms with van der Waals surface area (Å²) in [4.78, 5) is 32.8. The van der Waals surface area contributed by atoms with Crippen LogP contribution in [0.15, 0.2) is 103 Å². The number of pyridine rings is 1. The van der Waals surface area contributed by atoms with Crippen LogP contribution < -0.4 is 5.32 Å². The van der Waals surface area contributed by atoms with Gasteiger partial charge in [-0.3, -0.25) is 14.6 Å². The van der Waals surface area contributed by atoms with Gasteiger partial charge in [0.1, 0.15) is 11.9 Å². The van der Waals surface area contributed by atoms with E-state index in [-0.39, 0.29) is 30.6 Å². The van der Waals surface area contributed by atoms with Crippen molar-refractivity contribution < 1.29 is 14.0 Å². The van der Waals surface area contributed by atoms with E-state index in [9.17, 15) is 14.0 Å². The van der Waals surface area contributed by atoms with Crippen LogP contribution in [0.4, 0.5) is 4.39 Å². The van der Waals surface area contributed by atoms with Gasteiger partial charge in [0.2, 0.25) is 11.8 Å². The van der Waals surface area contributed by atoms with Crippen molar-refractivity contribution in [3.63, 3.8) is 0 Å². The highest BCUT2D eigenvalue weighted by atomic mass is 35.5. The molecule has 5 nitrogen and oxygen atoms in total. The van der Waals surface area contributed by atoms with E-state index >= 15 is 0 Å². The highest BCUT2D eigenvalue weighted by Gasteiger charge is 2.31. The third-order valence-corrected chi connectivity index (χ3v) is 6.00. The van der Waals surface area contributed by atoms with Gasteiger partial charge in [0.25, 0.3) is 0 Å². The molecule has 1 unspecified atom stereocenters. The average Bonchev–Trinajstić information content (AvgIpc) is 2.91. The number of benzene rings is 3. The molecule has 0 saturated carbocycles. The van der Waals surface area contributed by atoms with E-state index < -0.39 is 6.04 Å². The van der Waals surface area contributed by atoms with E-state index in [1.165, 1.54) is 12.1 Å². The zero-order chi connectivity index (χ0) is 25.3. The van der Waals surface area contributed by atoms with Crippen molar-refractivity contribution in [2.45, 2.75) is 25.6 Å². The van der Waals surface area contributed by atoms with Crippen LogP contribution in [0.2, 0.25) is 5.02 Å². The van der Waals surface area contributed by atoms with Crippen LogP contribution in [0.5, 0.6) is 0 Å². The molecule has 0 saturated heterocycles. The predicted octanol–water partition coefficient (Wildman–Crippen LogP) is 5.50. The van der Waals surface area contributed by atoms with Crippen LogP contribution in [-0.4, -0.2) is 21.7 Å². The molecular formula is C29H25ClFN3O2. The predicted molar refractivity (Wildman–Crippen MR) is 137 cm³/mol. The summed E-state index contributed by atoms with van der Waals surface area (Å²) in [6, 6.07) is 24.9. The monoisotopic (exact) mass is 501 g/mol. The maximum Gasteiger partial charge on any atom is 0.247 e. The van der Waals surface area contributed by atoms with Gasteiger partial charge in [0, 0.05) is 30.5 Å². The van der Waals surface area contributed by atoms with Gasteiger partial charge in [0.05, 0.1) is 6.42 Å². The molecule has 2 amide bonds. The minimum atomic E-state index is -0.891. The van der Waals surface area contributed by atoms with E-state index in [1.807, 2.05) is 42.5 Å². The Morgan fingerprint density at radius 2 is 1.47 bits per heavy atom. The molecule has 0 aliphatic rings. The molecule has 36 heavy (non-hydrogen) atoms. The molecule has 7 heteroatoms. The van der Waals surface area contributed by atoms with E-state index in [0.717, 1.165) is 11.1 Å². The van der Waals surface area contributed by atoms with Gasteiger partial charge < -0.3 is 10.2 Å². The SMILES string of the molecule is O=C(NCc1ccncc1)C(c1ccccc1)N(Cc1ccc(F)cc1)C(=O)Cc1ccc(Cl)cc1. The molecule has 3 aromatic carbocycles. The second-order valence-electron chi connectivity index (χ2n) is 8.34. The molecule has 0 bridgehead atoms. The number of rotatable bonds is 9. The third kappa shape index (κ3) is 6.77. The number of nitrogens with zero attached hydrogens (tertiary/aromatic N) is 2. The number of hydrogen-bond donors (Lipinski definition) is 1. The normalized spacial score (nSPS) is 11.5. The molecule has 0 spiro atoms. The minimum Gasteiger partial charge on any atom is -0.350 e. The van der Waals surface area contributed by atoms with Crippen molar-refractivity contribution in [2.24, 2.45) is 0 Å². The standard InChI is InChI=1S/C29H25ClFN3O2/c30-25-10-6-21(7-11-25)18-27(35)34(20-23-8-12-26(31)13-9-23)28(24-4-2-1-3-5-24)29(36)33-19-22-14-16-32-17-15-22/h1-17,28H,18-20H2,(H,33,36). The maximum atomic E-state index is 13.7. The molecule has 0 aliphatic carbocycles. The van der Waals surface area contributed by atoms with Crippen LogP contribution in [0.3, 0.4) is 0 Å². The smallest absolute Gasteiger partial charge is 0.247 e. The summed E-state index contributed by atoms with van der Waals surface area (Å²) in [6.45, 7) is 0.426. The van der Waals surface area contributed by atoms with Crippen LogP contribution >= 0.6 is 11.6 Å². The lowest BCUT2D eigenvalue weighted by Crippen LogP contribution is -2.43. The second kappa shape index (κ2) is 12.1. The average molecular weight is 502 g/mol. The Balaban J connectivity index is 1.67. The molecule has 0 fully saturated rings. The molecule has 4 rings (SSSR count).